The molecule has 0 amide bonds. The van der Waals surface area contributed by atoms with E-state index >= 15 is 0 Å². The molecule has 3 aromatic rings. The number of nitrogens with zero attached hydrogens (tertiary/aromatic N) is 2. The fraction of sp³-hybridized carbons (Fsp3) is 0.400. The molecule has 0 aliphatic carbocycles. The summed E-state index contributed by atoms with van der Waals surface area (Å²) in [6.45, 7) is 7.65. The van der Waals surface area contributed by atoms with Crippen LogP contribution in [0, 0.1) is 20.8 Å². The number of aryl methyl sites for hydroxylation is 3. The van der Waals surface area contributed by atoms with Gasteiger partial charge in [-0.15, -0.1) is 11.3 Å². The van der Waals surface area contributed by atoms with Crippen molar-refractivity contribution in [1.29, 1.82) is 0 Å². The highest BCUT2D eigenvalue weighted by molar-refractivity contribution is 7.92. The minimum absolute atomic E-state index is 0.199. The van der Waals surface area contributed by atoms with Crippen molar-refractivity contribution in [2.24, 2.45) is 0 Å². The first kappa shape index (κ1) is 23.6. The zero-order valence-electron chi connectivity index (χ0n) is 19.7. The summed E-state index contributed by atoms with van der Waals surface area (Å²) < 4.78 is 37.4. The van der Waals surface area contributed by atoms with E-state index in [1.54, 1.807) is 29.5 Å². The van der Waals surface area contributed by atoms with Gasteiger partial charge < -0.3 is 14.4 Å². The van der Waals surface area contributed by atoms with Crippen LogP contribution in [-0.2, 0) is 9.84 Å². The summed E-state index contributed by atoms with van der Waals surface area (Å²) in [4.78, 5) is 7.30. The second-order valence-electron chi connectivity index (χ2n) is 8.54. The molecule has 1 aliphatic heterocycles. The van der Waals surface area contributed by atoms with E-state index in [1.165, 1.54) is 36.5 Å². The SMILES string of the molecule is COc1ccc(OC)c(S(=O)(=O)C2CCN(c3nc(-c4c(C)cc(C)cc4C)cs3)CC2)c1. The molecule has 176 valence electrons. The molecule has 33 heavy (non-hydrogen) atoms. The molecule has 1 aromatic heterocycles. The van der Waals surface area contributed by atoms with Gasteiger partial charge in [0.25, 0.3) is 0 Å². The molecule has 0 atom stereocenters. The van der Waals surface area contributed by atoms with Crippen LogP contribution >= 0.6 is 11.3 Å². The summed E-state index contributed by atoms with van der Waals surface area (Å²) in [7, 11) is -0.531. The minimum Gasteiger partial charge on any atom is -0.497 e. The molecule has 0 saturated carbocycles. The fourth-order valence-corrected chi connectivity index (χ4v) is 7.42. The molecule has 1 aliphatic rings. The van der Waals surface area contributed by atoms with E-state index in [0.29, 0.717) is 37.4 Å². The van der Waals surface area contributed by atoms with Gasteiger partial charge in [-0.3, -0.25) is 0 Å². The Bertz CT molecular complexity index is 1240. The van der Waals surface area contributed by atoms with Crippen molar-refractivity contribution in [3.8, 4) is 22.8 Å². The average molecular weight is 487 g/mol. The first-order valence-electron chi connectivity index (χ1n) is 11.0. The molecule has 0 radical (unpaired) electrons. The van der Waals surface area contributed by atoms with Crippen LogP contribution in [0.1, 0.15) is 29.5 Å². The molecule has 1 saturated heterocycles. The molecule has 0 N–H and O–H groups in total. The number of thiazole rings is 1. The third-order valence-corrected chi connectivity index (χ3v) is 9.44. The average Bonchev–Trinajstić information content (AvgIpc) is 3.27. The van der Waals surface area contributed by atoms with E-state index in [2.05, 4.69) is 43.2 Å². The van der Waals surface area contributed by atoms with E-state index in [4.69, 9.17) is 14.5 Å². The Balaban J connectivity index is 1.51. The standard InChI is InChI=1S/C25H30N2O4S2/c1-16-12-17(2)24(18(3)13-16)21-15-32-25(26-21)27-10-8-20(9-11-27)33(28,29)23-14-19(30-4)6-7-22(23)31-5/h6-7,12-15,20H,8-11H2,1-5H3. The predicted molar refractivity (Wildman–Crippen MR) is 134 cm³/mol. The lowest BCUT2D eigenvalue weighted by Gasteiger charge is -2.31. The van der Waals surface area contributed by atoms with Gasteiger partial charge in [0.1, 0.15) is 16.4 Å². The van der Waals surface area contributed by atoms with Crippen LogP contribution in [0.5, 0.6) is 11.5 Å². The summed E-state index contributed by atoms with van der Waals surface area (Å²) in [5, 5.41) is 2.58. The molecular weight excluding hydrogens is 456 g/mol. The number of methoxy groups -OCH3 is 2. The van der Waals surface area contributed by atoms with Crippen LogP contribution < -0.4 is 14.4 Å². The Morgan fingerprint density at radius 2 is 1.67 bits per heavy atom. The van der Waals surface area contributed by atoms with Crippen molar-refractivity contribution in [2.45, 2.75) is 43.8 Å². The summed E-state index contributed by atoms with van der Waals surface area (Å²) >= 11 is 1.62. The molecule has 0 spiro atoms. The largest absolute Gasteiger partial charge is 0.497 e. The topological polar surface area (TPSA) is 68.7 Å². The Kier molecular flexibility index (Phi) is 6.68. The zero-order valence-corrected chi connectivity index (χ0v) is 21.3. The molecule has 2 aromatic carbocycles. The van der Waals surface area contributed by atoms with Gasteiger partial charge in [-0.05, 0) is 56.9 Å². The van der Waals surface area contributed by atoms with Crippen molar-refractivity contribution in [3.63, 3.8) is 0 Å². The van der Waals surface area contributed by atoms with Gasteiger partial charge in [-0.1, -0.05) is 17.7 Å². The molecule has 8 heteroatoms. The summed E-state index contributed by atoms with van der Waals surface area (Å²) in [5.74, 6) is 0.857. The zero-order chi connectivity index (χ0) is 23.8. The number of aromatic nitrogens is 1. The van der Waals surface area contributed by atoms with Crippen LogP contribution in [0.4, 0.5) is 5.13 Å². The van der Waals surface area contributed by atoms with E-state index in [1.807, 2.05) is 0 Å². The number of anilines is 1. The smallest absolute Gasteiger partial charge is 0.185 e. The molecule has 0 unspecified atom stereocenters. The number of hydrogen-bond acceptors (Lipinski definition) is 7. The van der Waals surface area contributed by atoms with E-state index < -0.39 is 15.1 Å². The highest BCUT2D eigenvalue weighted by atomic mass is 32.2. The van der Waals surface area contributed by atoms with Gasteiger partial charge in [0.15, 0.2) is 15.0 Å². The van der Waals surface area contributed by atoms with Gasteiger partial charge in [-0.25, -0.2) is 13.4 Å². The molecule has 1 fully saturated rings. The van der Waals surface area contributed by atoms with Crippen LogP contribution in [0.3, 0.4) is 0 Å². The molecule has 4 rings (SSSR count). The number of hydrogen-bond donors (Lipinski definition) is 0. The number of ether oxygens (including phenoxy) is 2. The van der Waals surface area contributed by atoms with Crippen LogP contribution in [-0.4, -0.2) is 46.0 Å². The maximum Gasteiger partial charge on any atom is 0.185 e. The lowest BCUT2D eigenvalue weighted by Crippen LogP contribution is -2.39. The van der Waals surface area contributed by atoms with Crippen LogP contribution in [0.15, 0.2) is 40.6 Å². The van der Waals surface area contributed by atoms with E-state index in [9.17, 15) is 8.42 Å². The first-order valence-corrected chi connectivity index (χ1v) is 13.4. The van der Waals surface area contributed by atoms with Crippen molar-refractivity contribution in [3.05, 3.63) is 52.4 Å². The van der Waals surface area contributed by atoms with Gasteiger partial charge in [0.05, 0.1) is 25.2 Å². The fourth-order valence-electron chi connectivity index (χ4n) is 4.65. The summed E-state index contributed by atoms with van der Waals surface area (Å²) in [5.41, 5.74) is 5.87. The number of rotatable bonds is 6. The lowest BCUT2D eigenvalue weighted by molar-refractivity contribution is 0.391. The quantitative estimate of drug-likeness (QED) is 0.477. The molecular formula is C25H30N2O4S2. The molecule has 2 heterocycles. The van der Waals surface area contributed by atoms with Crippen molar-refractivity contribution < 1.29 is 17.9 Å². The normalized spacial score (nSPS) is 15.0. The third-order valence-electron chi connectivity index (χ3n) is 6.25. The first-order chi connectivity index (χ1) is 15.7. The van der Waals surface area contributed by atoms with E-state index in [0.717, 1.165) is 10.8 Å². The maximum absolute atomic E-state index is 13.4. The lowest BCUT2D eigenvalue weighted by atomic mass is 9.98. The highest BCUT2D eigenvalue weighted by Crippen LogP contribution is 2.36. The minimum atomic E-state index is -3.54. The second-order valence-corrected chi connectivity index (χ2v) is 11.6. The Morgan fingerprint density at radius 1 is 1.00 bits per heavy atom. The van der Waals surface area contributed by atoms with E-state index in [-0.39, 0.29) is 4.90 Å². The number of sulfone groups is 1. The maximum atomic E-state index is 13.4. The Hall–Kier alpha value is -2.58. The van der Waals surface area contributed by atoms with Gasteiger partial charge in [0, 0.05) is 30.1 Å². The van der Waals surface area contributed by atoms with Crippen molar-refractivity contribution in [1.82, 2.24) is 4.98 Å². The van der Waals surface area contributed by atoms with Gasteiger partial charge in [-0.2, -0.15) is 0 Å². The van der Waals surface area contributed by atoms with Gasteiger partial charge >= 0.3 is 0 Å². The molecule has 6 nitrogen and oxygen atoms in total. The van der Waals surface area contributed by atoms with Crippen LogP contribution in [0.2, 0.25) is 0 Å². The third kappa shape index (κ3) is 4.59. The number of benzene rings is 2. The predicted octanol–water partition coefficient (Wildman–Crippen LogP) is 5.20. The summed E-state index contributed by atoms with van der Waals surface area (Å²) in [6, 6.07) is 9.28. The Morgan fingerprint density at radius 3 is 2.27 bits per heavy atom. The van der Waals surface area contributed by atoms with Gasteiger partial charge in [0.2, 0.25) is 0 Å². The van der Waals surface area contributed by atoms with Crippen molar-refractivity contribution >= 4 is 26.3 Å². The highest BCUT2D eigenvalue weighted by Gasteiger charge is 2.34. The number of piperidine rings is 1. The van der Waals surface area contributed by atoms with Crippen molar-refractivity contribution in [2.75, 3.05) is 32.2 Å². The Labute approximate surface area is 200 Å². The second kappa shape index (κ2) is 9.35. The monoisotopic (exact) mass is 486 g/mol. The molecule has 0 bridgehead atoms. The summed E-state index contributed by atoms with van der Waals surface area (Å²) in [6.07, 6.45) is 1.08. The van der Waals surface area contributed by atoms with Crippen LogP contribution in [0.25, 0.3) is 11.3 Å².